The van der Waals surface area contributed by atoms with Gasteiger partial charge in [-0.15, -0.1) is 0 Å². The number of nitrogens with zero attached hydrogens (tertiary/aromatic N) is 6. The molecule has 1 saturated heterocycles. The quantitative estimate of drug-likeness (QED) is 0.0802. The number of nitro groups is 1. The predicted octanol–water partition coefficient (Wildman–Crippen LogP) is 4.73. The van der Waals surface area contributed by atoms with Gasteiger partial charge < -0.3 is 24.4 Å². The highest BCUT2D eigenvalue weighted by Gasteiger charge is 2.19. The van der Waals surface area contributed by atoms with Crippen LogP contribution in [0.5, 0.6) is 11.5 Å². The van der Waals surface area contributed by atoms with E-state index in [0.717, 1.165) is 5.69 Å². The molecule has 1 aliphatic heterocycles. The van der Waals surface area contributed by atoms with E-state index in [2.05, 4.69) is 30.8 Å². The molecule has 0 amide bonds. The third kappa shape index (κ3) is 7.80. The first kappa shape index (κ1) is 29.8. The molecule has 0 radical (unpaired) electrons. The van der Waals surface area contributed by atoms with Crippen molar-refractivity contribution >= 4 is 41.4 Å². The minimum absolute atomic E-state index is 0.0592. The molecule has 3 aromatic carbocycles. The number of rotatable bonds is 11. The van der Waals surface area contributed by atoms with Gasteiger partial charge in [0, 0.05) is 30.9 Å². The fourth-order valence-corrected chi connectivity index (χ4v) is 4.29. The highest BCUT2D eigenvalue weighted by Crippen LogP contribution is 2.29. The smallest absolute Gasteiger partial charge is 0.343 e. The minimum Gasteiger partial charge on any atom is -0.490 e. The van der Waals surface area contributed by atoms with E-state index in [1.54, 1.807) is 38.3 Å². The lowest BCUT2D eigenvalue weighted by molar-refractivity contribution is -0.384. The van der Waals surface area contributed by atoms with Crippen molar-refractivity contribution in [2.24, 2.45) is 5.10 Å². The van der Waals surface area contributed by atoms with E-state index in [0.29, 0.717) is 61.7 Å². The summed E-state index contributed by atoms with van der Waals surface area (Å²) < 4.78 is 16.7. The Morgan fingerprint density at radius 1 is 1.05 bits per heavy atom. The molecule has 226 valence electrons. The lowest BCUT2D eigenvalue weighted by Crippen LogP contribution is -2.37. The molecule has 4 aromatic rings. The van der Waals surface area contributed by atoms with Gasteiger partial charge in [-0.1, -0.05) is 18.2 Å². The van der Waals surface area contributed by atoms with E-state index in [9.17, 15) is 14.9 Å². The Bertz CT molecular complexity index is 1660. The Labute approximate surface area is 252 Å². The number of carbonyl (C=O) groups is 1. The Balaban J connectivity index is 1.33. The van der Waals surface area contributed by atoms with Crippen LogP contribution < -0.4 is 25.1 Å². The van der Waals surface area contributed by atoms with Crippen molar-refractivity contribution < 1.29 is 23.9 Å². The minimum atomic E-state index is -0.744. The number of ether oxygens (including phenoxy) is 3. The maximum atomic E-state index is 12.8. The molecule has 14 heteroatoms. The lowest BCUT2D eigenvalue weighted by Gasteiger charge is -2.27. The summed E-state index contributed by atoms with van der Waals surface area (Å²) in [6, 6.07) is 18.5. The summed E-state index contributed by atoms with van der Waals surface area (Å²) in [4.78, 5) is 39.1. The third-order valence-electron chi connectivity index (χ3n) is 6.30. The van der Waals surface area contributed by atoms with E-state index < -0.39 is 10.9 Å². The van der Waals surface area contributed by atoms with Gasteiger partial charge in [-0.2, -0.15) is 20.1 Å². The van der Waals surface area contributed by atoms with E-state index in [-0.39, 0.29) is 22.9 Å². The Morgan fingerprint density at radius 2 is 1.82 bits per heavy atom. The van der Waals surface area contributed by atoms with Gasteiger partial charge in [0.1, 0.15) is 0 Å². The standard InChI is InChI=1S/C30H30N8O6/c1-3-43-26-17-21(9-10-25(26)44-27(39)22-15-20(2)16-24(18-22)38(40)41)19-31-36-29-33-28(32-23-7-5-4-6-8-23)34-30(35-29)37-11-13-42-14-12-37/h4-10,15-19H,3,11-14H2,1-2H3,(H2,32,33,34,35,36). The van der Waals surface area contributed by atoms with E-state index in [4.69, 9.17) is 14.2 Å². The first-order chi connectivity index (χ1) is 21.4. The van der Waals surface area contributed by atoms with Gasteiger partial charge in [-0.05, 0) is 61.4 Å². The highest BCUT2D eigenvalue weighted by atomic mass is 16.6. The molecular weight excluding hydrogens is 568 g/mol. The van der Waals surface area contributed by atoms with Crippen molar-refractivity contribution in [1.82, 2.24) is 15.0 Å². The Kier molecular flexibility index (Phi) is 9.51. The molecule has 5 rings (SSSR count). The number of anilines is 4. The number of aryl methyl sites for hydroxylation is 1. The molecule has 0 bridgehead atoms. The van der Waals surface area contributed by atoms with Crippen LogP contribution in [0.15, 0.2) is 71.8 Å². The van der Waals surface area contributed by atoms with Crippen LogP contribution in [0.2, 0.25) is 0 Å². The van der Waals surface area contributed by atoms with Crippen molar-refractivity contribution in [1.29, 1.82) is 0 Å². The number of esters is 1. The van der Waals surface area contributed by atoms with Crippen LogP contribution in [0, 0.1) is 17.0 Å². The van der Waals surface area contributed by atoms with Gasteiger partial charge in [-0.25, -0.2) is 10.2 Å². The van der Waals surface area contributed by atoms with Crippen LogP contribution in [-0.4, -0.2) is 65.0 Å². The lowest BCUT2D eigenvalue weighted by atomic mass is 10.1. The SMILES string of the molecule is CCOc1cc(C=NNc2nc(Nc3ccccc3)nc(N3CCOCC3)n2)ccc1OC(=O)c1cc(C)cc([N+](=O)[O-])c1. The van der Waals surface area contributed by atoms with Crippen molar-refractivity contribution in [3.63, 3.8) is 0 Å². The molecule has 44 heavy (non-hydrogen) atoms. The number of carbonyl (C=O) groups excluding carboxylic acids is 1. The van der Waals surface area contributed by atoms with Crippen LogP contribution in [0.25, 0.3) is 0 Å². The highest BCUT2D eigenvalue weighted by molar-refractivity contribution is 5.92. The number of nitrogens with one attached hydrogen (secondary N) is 2. The van der Waals surface area contributed by atoms with Crippen LogP contribution in [0.4, 0.5) is 29.2 Å². The zero-order valence-electron chi connectivity index (χ0n) is 24.1. The summed E-state index contributed by atoms with van der Waals surface area (Å²) in [5, 5.41) is 18.7. The van der Waals surface area contributed by atoms with E-state index in [1.807, 2.05) is 35.2 Å². The van der Waals surface area contributed by atoms with Crippen molar-refractivity contribution in [2.75, 3.05) is 48.6 Å². The second kappa shape index (κ2) is 14.0. The molecule has 2 N–H and O–H groups in total. The monoisotopic (exact) mass is 598 g/mol. The second-order valence-corrected chi connectivity index (χ2v) is 9.59. The average Bonchev–Trinajstić information content (AvgIpc) is 3.03. The summed E-state index contributed by atoms with van der Waals surface area (Å²) >= 11 is 0. The van der Waals surface area contributed by atoms with Gasteiger partial charge in [0.2, 0.25) is 17.8 Å². The number of hydrogen-bond acceptors (Lipinski definition) is 13. The summed E-state index contributed by atoms with van der Waals surface area (Å²) in [6.07, 6.45) is 1.54. The number of benzene rings is 3. The largest absolute Gasteiger partial charge is 0.490 e. The van der Waals surface area contributed by atoms with Crippen molar-refractivity contribution in [2.45, 2.75) is 13.8 Å². The van der Waals surface area contributed by atoms with Crippen molar-refractivity contribution in [3.8, 4) is 11.5 Å². The number of nitro benzene ring substituents is 1. The van der Waals surface area contributed by atoms with Gasteiger partial charge in [0.05, 0.1) is 36.5 Å². The molecule has 0 spiro atoms. The third-order valence-corrected chi connectivity index (χ3v) is 6.30. The normalized spacial score (nSPS) is 13.0. The fraction of sp³-hybridized carbons (Fsp3) is 0.233. The Morgan fingerprint density at radius 3 is 2.57 bits per heavy atom. The molecule has 1 fully saturated rings. The summed E-state index contributed by atoms with van der Waals surface area (Å²) in [5.41, 5.74) is 4.75. The number of para-hydroxylation sites is 1. The topological polar surface area (TPSA) is 166 Å². The number of morpholine rings is 1. The van der Waals surface area contributed by atoms with Crippen LogP contribution >= 0.6 is 0 Å². The molecule has 1 aromatic heterocycles. The summed E-state index contributed by atoms with van der Waals surface area (Å²) in [5.74, 6) is 0.800. The van der Waals surface area contributed by atoms with Gasteiger partial charge in [0.25, 0.3) is 5.69 Å². The van der Waals surface area contributed by atoms with E-state index in [1.165, 1.54) is 18.2 Å². The van der Waals surface area contributed by atoms with E-state index >= 15 is 0 Å². The zero-order valence-corrected chi connectivity index (χ0v) is 24.1. The number of hydrazone groups is 1. The molecule has 1 aliphatic rings. The van der Waals surface area contributed by atoms with Crippen LogP contribution in [0.3, 0.4) is 0 Å². The molecular formula is C30H30N8O6. The van der Waals surface area contributed by atoms with Gasteiger partial charge in [0.15, 0.2) is 11.5 Å². The second-order valence-electron chi connectivity index (χ2n) is 9.59. The maximum Gasteiger partial charge on any atom is 0.343 e. The fourth-order valence-electron chi connectivity index (χ4n) is 4.29. The molecule has 0 atom stereocenters. The number of non-ortho nitro benzene ring substituents is 1. The van der Waals surface area contributed by atoms with Crippen LogP contribution in [0.1, 0.15) is 28.4 Å². The van der Waals surface area contributed by atoms with Crippen LogP contribution in [-0.2, 0) is 4.74 Å². The first-order valence-electron chi connectivity index (χ1n) is 13.8. The predicted molar refractivity (Wildman–Crippen MR) is 164 cm³/mol. The molecule has 0 saturated carbocycles. The molecule has 0 unspecified atom stereocenters. The molecule has 0 aliphatic carbocycles. The summed E-state index contributed by atoms with van der Waals surface area (Å²) in [6.45, 7) is 6.22. The van der Waals surface area contributed by atoms with Gasteiger partial charge >= 0.3 is 5.97 Å². The summed E-state index contributed by atoms with van der Waals surface area (Å²) in [7, 11) is 0. The number of hydrogen-bond donors (Lipinski definition) is 2. The number of aromatic nitrogens is 3. The first-order valence-corrected chi connectivity index (χ1v) is 13.8. The molecule has 14 nitrogen and oxygen atoms in total. The Hall–Kier alpha value is -5.63. The zero-order chi connectivity index (χ0) is 30.9. The average molecular weight is 599 g/mol. The molecule has 2 heterocycles. The van der Waals surface area contributed by atoms with Crippen molar-refractivity contribution in [3.05, 3.63) is 93.5 Å². The maximum absolute atomic E-state index is 12.8. The van der Waals surface area contributed by atoms with Gasteiger partial charge in [-0.3, -0.25) is 10.1 Å².